The summed E-state index contributed by atoms with van der Waals surface area (Å²) in [6.45, 7) is 0. The Balaban J connectivity index is 0.000000147. The number of fused-ring (bicyclic) bond motifs is 13. The Kier molecular flexibility index (Phi) is 15.7. The van der Waals surface area contributed by atoms with Gasteiger partial charge in [-0.2, -0.15) is 0 Å². The molecule has 0 bridgehead atoms. The summed E-state index contributed by atoms with van der Waals surface area (Å²) in [6, 6.07) is 135. The van der Waals surface area contributed by atoms with Crippen LogP contribution in [0, 0.1) is 0 Å². The Morgan fingerprint density at radius 1 is 0.231 bits per heavy atom. The maximum Gasteiger partial charge on any atom is 0.171 e. The number of para-hydroxylation sites is 4. The summed E-state index contributed by atoms with van der Waals surface area (Å²) in [6.07, 6.45) is 0. The van der Waals surface area contributed by atoms with Crippen LogP contribution in [0.5, 0.6) is 0 Å². The first-order valence-corrected chi connectivity index (χ1v) is 38.1. The van der Waals surface area contributed by atoms with Crippen LogP contribution in [-0.4, -0.2) is 34.1 Å². The Bertz CT molecular complexity index is 7020. The summed E-state index contributed by atoms with van der Waals surface area (Å²) >= 11 is 0. The second-order valence-corrected chi connectivity index (χ2v) is 30.1. The summed E-state index contributed by atoms with van der Waals surface area (Å²) in [5.74, 6) is 1.93. The molecule has 8 nitrogen and oxygen atoms in total. The number of nitrogens with zero attached hydrogens (tertiary/aromatic N) is 7. The van der Waals surface area contributed by atoms with E-state index in [1.54, 1.807) is 0 Å². The van der Waals surface area contributed by atoms with Crippen LogP contribution in [0.4, 0.5) is 0 Å². The van der Waals surface area contributed by atoms with Crippen molar-refractivity contribution in [2.75, 3.05) is 0 Å². The lowest BCUT2D eigenvalue weighted by molar-refractivity contribution is 0.592. The molecule has 5 heterocycles. The SMILES string of the molecule is O=P(c1ccccc1)(c1ccccc1)c1ccc(-c2nc3ccccc3c3c2c2ccccc2n3-c2ccc3ccccc3c2)cc1.c1ccc(-c2nc(-c3ccccc3)nc(-c3ccc(-c4ccc(-c5nc6ccccc6c6c5c5ccccc5n6-c5ccc6ccccc6c5)cc4)c4ccccc34)n2)cc1. The lowest BCUT2D eigenvalue weighted by Crippen LogP contribution is -2.24. The Morgan fingerprint density at radius 2 is 0.574 bits per heavy atom. The van der Waals surface area contributed by atoms with Gasteiger partial charge >= 0.3 is 0 Å². The Hall–Kier alpha value is -14.0. The molecule has 0 atom stereocenters. The number of rotatable bonds is 11. The summed E-state index contributed by atoms with van der Waals surface area (Å²) in [5.41, 5.74) is 17.7. The molecule has 0 radical (unpaired) electrons. The van der Waals surface area contributed by atoms with Crippen molar-refractivity contribution in [1.29, 1.82) is 0 Å². The normalized spacial score (nSPS) is 11.7. The van der Waals surface area contributed by atoms with E-state index in [9.17, 15) is 0 Å². The highest BCUT2D eigenvalue weighted by Crippen LogP contribution is 2.47. The van der Waals surface area contributed by atoms with Gasteiger partial charge in [0.25, 0.3) is 0 Å². The second kappa shape index (κ2) is 26.6. The predicted molar refractivity (Wildman–Crippen MR) is 450 cm³/mol. The van der Waals surface area contributed by atoms with Crippen LogP contribution in [-0.2, 0) is 4.57 Å². The van der Waals surface area contributed by atoms with Crippen LogP contribution in [0.25, 0.3) is 177 Å². The van der Waals surface area contributed by atoms with Gasteiger partial charge in [-0.1, -0.05) is 334 Å². The molecule has 0 unspecified atom stereocenters. The summed E-state index contributed by atoms with van der Waals surface area (Å²) in [5, 5.41) is 16.3. The molecule has 0 amide bonds. The molecule has 0 N–H and O–H groups in total. The fourth-order valence-electron chi connectivity index (χ4n) is 16.0. The van der Waals surface area contributed by atoms with Crippen molar-refractivity contribution in [3.63, 3.8) is 0 Å². The van der Waals surface area contributed by atoms with E-state index in [1.165, 1.54) is 26.9 Å². The van der Waals surface area contributed by atoms with E-state index in [4.69, 9.17) is 24.9 Å². The van der Waals surface area contributed by atoms with Crippen molar-refractivity contribution in [2.45, 2.75) is 0 Å². The fourth-order valence-corrected chi connectivity index (χ4v) is 18.6. The molecule has 5 aromatic heterocycles. The topological polar surface area (TPSA) is 91.4 Å². The van der Waals surface area contributed by atoms with Gasteiger partial charge in [0.05, 0.1) is 44.5 Å². The van der Waals surface area contributed by atoms with Crippen LogP contribution in [0.1, 0.15) is 0 Å². The summed E-state index contributed by atoms with van der Waals surface area (Å²) in [7, 11) is -3.10. The molecular weight excluding hydrogens is 1330 g/mol. The monoisotopic (exact) mass is 1400 g/mol. The molecule has 16 aromatic carbocycles. The van der Waals surface area contributed by atoms with Gasteiger partial charge in [0, 0.05) is 87.4 Å². The van der Waals surface area contributed by atoms with Gasteiger partial charge in [-0.25, -0.2) is 24.9 Å². The van der Waals surface area contributed by atoms with E-state index in [0.717, 1.165) is 148 Å². The molecule has 9 heteroatoms. The zero-order chi connectivity index (χ0) is 71.7. The molecule has 21 aromatic rings. The fraction of sp³-hybridized carbons (Fsp3) is 0. The highest BCUT2D eigenvalue weighted by atomic mass is 31.2. The third-order valence-electron chi connectivity index (χ3n) is 21.1. The van der Waals surface area contributed by atoms with Crippen molar-refractivity contribution in [1.82, 2.24) is 34.1 Å². The molecule has 0 spiro atoms. The Morgan fingerprint density at radius 3 is 1.05 bits per heavy atom. The summed E-state index contributed by atoms with van der Waals surface area (Å²) in [4.78, 5) is 25.8. The van der Waals surface area contributed by atoms with Crippen LogP contribution < -0.4 is 15.9 Å². The summed E-state index contributed by atoms with van der Waals surface area (Å²) < 4.78 is 19.9. The van der Waals surface area contributed by atoms with Gasteiger partial charge in [-0.05, 0) is 98.0 Å². The van der Waals surface area contributed by atoms with Crippen LogP contribution in [0.2, 0.25) is 0 Å². The van der Waals surface area contributed by atoms with Crippen molar-refractivity contribution in [3.8, 4) is 79.2 Å². The maximum atomic E-state index is 15.1. The minimum atomic E-state index is -3.10. The second-order valence-electron chi connectivity index (χ2n) is 27.3. The predicted octanol–water partition coefficient (Wildman–Crippen LogP) is 23.9. The molecule has 0 aliphatic carbocycles. The highest BCUT2D eigenvalue weighted by Gasteiger charge is 2.31. The average molecular weight is 1400 g/mol. The van der Waals surface area contributed by atoms with E-state index >= 15 is 4.57 Å². The van der Waals surface area contributed by atoms with Gasteiger partial charge in [0.2, 0.25) is 0 Å². The minimum absolute atomic E-state index is 0.639. The zero-order valence-corrected chi connectivity index (χ0v) is 59.3. The van der Waals surface area contributed by atoms with Crippen LogP contribution in [0.3, 0.4) is 0 Å². The van der Waals surface area contributed by atoms with Gasteiger partial charge in [0.15, 0.2) is 24.6 Å². The lowest BCUT2D eigenvalue weighted by atomic mass is 9.93. The van der Waals surface area contributed by atoms with E-state index in [2.05, 4.69) is 258 Å². The van der Waals surface area contributed by atoms with Gasteiger partial charge in [0.1, 0.15) is 0 Å². The zero-order valence-electron chi connectivity index (χ0n) is 58.4. The number of benzene rings is 16. The molecule has 0 aliphatic heterocycles. The van der Waals surface area contributed by atoms with Crippen molar-refractivity contribution in [2.24, 2.45) is 0 Å². The third kappa shape index (κ3) is 10.9. The molecule has 506 valence electrons. The van der Waals surface area contributed by atoms with E-state index in [-0.39, 0.29) is 0 Å². The average Bonchev–Trinajstić information content (AvgIpc) is 1.55. The van der Waals surface area contributed by atoms with Gasteiger partial charge in [-0.3, -0.25) is 0 Å². The van der Waals surface area contributed by atoms with Crippen LogP contribution in [0.15, 0.2) is 388 Å². The van der Waals surface area contributed by atoms with Crippen molar-refractivity contribution in [3.05, 3.63) is 388 Å². The minimum Gasteiger partial charge on any atom is -0.309 e. The molecular formula is C99H64N7OP. The largest absolute Gasteiger partial charge is 0.309 e. The van der Waals surface area contributed by atoms with E-state index in [0.29, 0.717) is 17.5 Å². The first-order chi connectivity index (χ1) is 53.4. The number of pyridine rings is 2. The number of hydrogen-bond donors (Lipinski definition) is 0. The maximum absolute atomic E-state index is 15.1. The van der Waals surface area contributed by atoms with Gasteiger partial charge in [-0.15, -0.1) is 0 Å². The third-order valence-corrected chi connectivity index (χ3v) is 24.1. The van der Waals surface area contributed by atoms with E-state index < -0.39 is 7.14 Å². The van der Waals surface area contributed by atoms with Crippen molar-refractivity contribution >= 4 is 121 Å². The smallest absolute Gasteiger partial charge is 0.171 e. The molecule has 0 fully saturated rings. The van der Waals surface area contributed by atoms with Crippen molar-refractivity contribution < 1.29 is 4.57 Å². The highest BCUT2D eigenvalue weighted by molar-refractivity contribution is 7.85. The first-order valence-electron chi connectivity index (χ1n) is 36.4. The Labute approximate surface area is 622 Å². The molecule has 21 rings (SSSR count). The quantitative estimate of drug-likeness (QED) is 0.120. The molecule has 0 saturated carbocycles. The molecule has 108 heavy (non-hydrogen) atoms. The molecule has 0 aliphatic rings. The van der Waals surface area contributed by atoms with E-state index in [1.807, 2.05) is 140 Å². The standard InChI is InChI=1S/C56H35N5.C43H29N2OP/c1-3-16-39(17-4-1)54-58-55(40-18-5-2-6-19-40)60-56(59-54)46-34-33-43(44-21-9-10-22-45(44)46)37-27-29-38(30-28-37)52-51-48-24-12-14-26-50(48)61(53(51)47-23-11-13-25-49(47)57-52)42-32-31-36-15-7-8-20-41(36)35-42;46-47(34-15-3-1-4-16-34,35-17-5-2-6-18-35)36-27-24-31(25-28-36)42-41-38-20-10-12-22-40(38)45(43(41)37-19-9-11-21-39(37)44-42)33-26-23-30-13-7-8-14-32(30)29-33/h1-35H;1-29H. The van der Waals surface area contributed by atoms with Gasteiger partial charge < -0.3 is 13.7 Å². The van der Waals surface area contributed by atoms with Crippen LogP contribution >= 0.6 is 7.14 Å². The lowest BCUT2D eigenvalue weighted by Gasteiger charge is -2.20. The number of hydrogen-bond acceptors (Lipinski definition) is 6. The molecule has 0 saturated heterocycles. The first kappa shape index (κ1) is 63.6. The number of aromatic nitrogens is 7.